The summed E-state index contributed by atoms with van der Waals surface area (Å²) in [6, 6.07) is 0.121. The molecule has 0 aliphatic rings. The summed E-state index contributed by atoms with van der Waals surface area (Å²) >= 11 is 1.55. The first-order valence-electron chi connectivity index (χ1n) is 5.18. The Labute approximate surface area is 97.9 Å². The van der Waals surface area contributed by atoms with E-state index in [9.17, 15) is 0 Å². The zero-order valence-corrected chi connectivity index (χ0v) is 10.3. The van der Waals surface area contributed by atoms with Crippen molar-refractivity contribution in [2.75, 3.05) is 7.05 Å². The van der Waals surface area contributed by atoms with Crippen LogP contribution in [0.4, 0.5) is 0 Å². The minimum Gasteiger partial charge on any atom is -0.418 e. The molecular formula is C10H14N4OS. The van der Waals surface area contributed by atoms with Crippen molar-refractivity contribution in [1.82, 2.24) is 20.5 Å². The van der Waals surface area contributed by atoms with Gasteiger partial charge >= 0.3 is 0 Å². The van der Waals surface area contributed by atoms with Crippen LogP contribution in [-0.4, -0.2) is 22.2 Å². The molecule has 0 aromatic carbocycles. The molecule has 1 N–H and O–H groups in total. The molecule has 0 fully saturated rings. The highest BCUT2D eigenvalue weighted by Crippen LogP contribution is 2.26. The summed E-state index contributed by atoms with van der Waals surface area (Å²) in [4.78, 5) is 5.08. The van der Waals surface area contributed by atoms with Crippen LogP contribution in [0.25, 0.3) is 10.8 Å². The van der Waals surface area contributed by atoms with Crippen LogP contribution in [0.3, 0.4) is 0 Å². The van der Waals surface area contributed by atoms with Crippen LogP contribution < -0.4 is 5.32 Å². The topological polar surface area (TPSA) is 63.8 Å². The van der Waals surface area contributed by atoms with Crippen LogP contribution in [0.2, 0.25) is 0 Å². The third-order valence-electron chi connectivity index (χ3n) is 2.33. The molecule has 0 amide bonds. The molecule has 2 rings (SSSR count). The molecular weight excluding hydrogens is 224 g/mol. The quantitative estimate of drug-likeness (QED) is 0.884. The van der Waals surface area contributed by atoms with Crippen molar-refractivity contribution in [3.63, 3.8) is 0 Å². The normalized spacial score (nSPS) is 12.9. The summed E-state index contributed by atoms with van der Waals surface area (Å²) in [5.41, 5.74) is 0. The summed E-state index contributed by atoms with van der Waals surface area (Å²) in [6.45, 7) is 4.02. The average molecular weight is 238 g/mol. The van der Waals surface area contributed by atoms with Crippen molar-refractivity contribution >= 4 is 11.3 Å². The van der Waals surface area contributed by atoms with Gasteiger partial charge in [-0.15, -0.1) is 21.5 Å². The van der Waals surface area contributed by atoms with Crippen molar-refractivity contribution in [3.8, 4) is 10.8 Å². The minimum atomic E-state index is 0.121. The van der Waals surface area contributed by atoms with Gasteiger partial charge in [0, 0.05) is 0 Å². The molecule has 1 atom stereocenters. The lowest BCUT2D eigenvalue weighted by molar-refractivity contribution is 0.415. The lowest BCUT2D eigenvalue weighted by Crippen LogP contribution is -2.15. The zero-order valence-electron chi connectivity index (χ0n) is 9.52. The maximum Gasteiger partial charge on any atom is 0.259 e. The van der Waals surface area contributed by atoms with Crippen LogP contribution in [0.5, 0.6) is 0 Å². The molecule has 2 aromatic heterocycles. The lowest BCUT2D eigenvalue weighted by atomic mass is 10.2. The Balaban J connectivity index is 2.25. The van der Waals surface area contributed by atoms with Crippen LogP contribution in [0.1, 0.15) is 30.3 Å². The fourth-order valence-corrected chi connectivity index (χ4v) is 2.14. The highest BCUT2D eigenvalue weighted by atomic mass is 32.1. The monoisotopic (exact) mass is 238 g/mol. The summed E-state index contributed by atoms with van der Waals surface area (Å²) < 4.78 is 5.61. The van der Waals surface area contributed by atoms with Gasteiger partial charge in [-0.1, -0.05) is 6.92 Å². The molecule has 86 valence electrons. The van der Waals surface area contributed by atoms with Gasteiger partial charge in [-0.3, -0.25) is 0 Å². The number of aryl methyl sites for hydroxylation is 1. The van der Waals surface area contributed by atoms with Gasteiger partial charge in [0.1, 0.15) is 4.88 Å². The van der Waals surface area contributed by atoms with Crippen molar-refractivity contribution in [2.45, 2.75) is 26.3 Å². The third kappa shape index (κ3) is 2.12. The van der Waals surface area contributed by atoms with E-state index in [1.54, 1.807) is 17.5 Å². The summed E-state index contributed by atoms with van der Waals surface area (Å²) in [7, 11) is 1.88. The molecule has 5 nitrogen and oxygen atoms in total. The molecule has 0 saturated heterocycles. The molecule has 16 heavy (non-hydrogen) atoms. The minimum absolute atomic E-state index is 0.121. The first kappa shape index (κ1) is 11.2. The maximum absolute atomic E-state index is 5.61. The van der Waals surface area contributed by atoms with Crippen LogP contribution in [-0.2, 0) is 0 Å². The van der Waals surface area contributed by atoms with Gasteiger partial charge in [0.15, 0.2) is 0 Å². The van der Waals surface area contributed by atoms with E-state index in [-0.39, 0.29) is 6.04 Å². The molecule has 6 heteroatoms. The summed E-state index contributed by atoms with van der Waals surface area (Å²) in [6.07, 6.45) is 2.68. The fraction of sp³-hybridized carbons (Fsp3) is 0.500. The van der Waals surface area contributed by atoms with Crippen molar-refractivity contribution in [1.29, 1.82) is 0 Å². The fourth-order valence-electron chi connectivity index (χ4n) is 1.44. The predicted molar refractivity (Wildman–Crippen MR) is 62.2 cm³/mol. The van der Waals surface area contributed by atoms with Gasteiger partial charge in [-0.2, -0.15) is 0 Å². The molecule has 2 aromatic rings. The van der Waals surface area contributed by atoms with E-state index in [1.165, 1.54) is 0 Å². The number of nitrogens with one attached hydrogen (secondary N) is 1. The van der Waals surface area contributed by atoms with E-state index in [4.69, 9.17) is 4.42 Å². The molecule has 2 heterocycles. The van der Waals surface area contributed by atoms with Crippen molar-refractivity contribution in [3.05, 3.63) is 17.1 Å². The Bertz CT molecular complexity index is 461. The number of aromatic nitrogens is 3. The Kier molecular flexibility index (Phi) is 3.31. The molecule has 0 spiro atoms. The van der Waals surface area contributed by atoms with E-state index >= 15 is 0 Å². The van der Waals surface area contributed by atoms with Gasteiger partial charge in [0.25, 0.3) is 5.89 Å². The largest absolute Gasteiger partial charge is 0.418 e. The highest BCUT2D eigenvalue weighted by Gasteiger charge is 2.16. The number of thiazole rings is 1. The molecule has 0 saturated carbocycles. The molecule has 0 aliphatic heterocycles. The third-order valence-corrected chi connectivity index (χ3v) is 3.23. The van der Waals surface area contributed by atoms with Gasteiger partial charge < -0.3 is 9.73 Å². The predicted octanol–water partition coefficient (Wildman–Crippen LogP) is 2.17. The molecule has 1 unspecified atom stereocenters. The second-order valence-corrected chi connectivity index (χ2v) is 4.67. The van der Waals surface area contributed by atoms with Crippen molar-refractivity contribution < 1.29 is 4.42 Å². The Morgan fingerprint density at radius 3 is 2.88 bits per heavy atom. The number of hydrogen-bond acceptors (Lipinski definition) is 6. The number of hydrogen-bond donors (Lipinski definition) is 1. The van der Waals surface area contributed by atoms with Crippen LogP contribution in [0.15, 0.2) is 10.6 Å². The van der Waals surface area contributed by atoms with E-state index in [0.717, 1.165) is 16.3 Å². The second kappa shape index (κ2) is 4.71. The Hall–Kier alpha value is -1.27. The second-order valence-electron chi connectivity index (χ2n) is 3.44. The van der Waals surface area contributed by atoms with Crippen molar-refractivity contribution in [2.24, 2.45) is 0 Å². The van der Waals surface area contributed by atoms with Gasteiger partial charge in [0.2, 0.25) is 5.89 Å². The summed E-state index contributed by atoms with van der Waals surface area (Å²) in [5.74, 6) is 1.18. The molecule has 0 aliphatic carbocycles. The number of rotatable bonds is 4. The Morgan fingerprint density at radius 2 is 2.31 bits per heavy atom. The smallest absolute Gasteiger partial charge is 0.259 e. The van der Waals surface area contributed by atoms with Gasteiger partial charge in [-0.25, -0.2) is 4.98 Å². The summed E-state index contributed by atoms with van der Waals surface area (Å²) in [5, 5.41) is 12.2. The maximum atomic E-state index is 5.61. The first-order chi connectivity index (χ1) is 7.74. The highest BCUT2D eigenvalue weighted by molar-refractivity contribution is 7.14. The number of nitrogens with zero attached hydrogens (tertiary/aromatic N) is 3. The standard InChI is InChI=1S/C10H14N4OS/c1-4-7(11-3)9-13-14-10(15-9)8-5-12-6(2)16-8/h5,7,11H,4H2,1-3H3. The lowest BCUT2D eigenvalue weighted by Gasteiger charge is -2.06. The van der Waals surface area contributed by atoms with E-state index in [2.05, 4.69) is 27.4 Å². The first-order valence-corrected chi connectivity index (χ1v) is 5.99. The molecule has 0 bridgehead atoms. The van der Waals surface area contributed by atoms with E-state index < -0.39 is 0 Å². The zero-order chi connectivity index (χ0) is 11.5. The van der Waals surface area contributed by atoms with E-state index in [0.29, 0.717) is 11.8 Å². The molecule has 0 radical (unpaired) electrons. The average Bonchev–Trinajstić information content (AvgIpc) is 2.89. The Morgan fingerprint density at radius 1 is 1.50 bits per heavy atom. The van der Waals surface area contributed by atoms with Gasteiger partial charge in [-0.05, 0) is 20.4 Å². The van der Waals surface area contributed by atoms with E-state index in [1.807, 2.05) is 14.0 Å². The van der Waals surface area contributed by atoms with Crippen LogP contribution >= 0.6 is 11.3 Å². The van der Waals surface area contributed by atoms with Crippen LogP contribution in [0, 0.1) is 6.92 Å². The van der Waals surface area contributed by atoms with Gasteiger partial charge in [0.05, 0.1) is 17.2 Å². The SMILES string of the molecule is CCC(NC)c1nnc(-c2cnc(C)s2)o1.